The monoisotopic (exact) mass is 325 g/mol. The fourth-order valence-corrected chi connectivity index (χ4v) is 2.73. The number of allylic oxidation sites excluding steroid dienone is 1. The van der Waals surface area contributed by atoms with Crippen LogP contribution in [0.25, 0.3) is 0 Å². The largest absolute Gasteiger partial charge is 0.464 e. The van der Waals surface area contributed by atoms with Crippen LogP contribution < -0.4 is 4.90 Å². The highest BCUT2D eigenvalue weighted by atomic mass is 32.2. The minimum Gasteiger partial charge on any atom is -0.464 e. The van der Waals surface area contributed by atoms with Crippen molar-refractivity contribution in [3.63, 3.8) is 0 Å². The molecule has 1 aromatic carbocycles. The minimum absolute atomic E-state index is 0.157. The van der Waals surface area contributed by atoms with Crippen LogP contribution in [0.3, 0.4) is 0 Å². The lowest BCUT2D eigenvalue weighted by Crippen LogP contribution is -2.33. The molecule has 1 rings (SSSR count). The highest BCUT2D eigenvalue weighted by Crippen LogP contribution is 2.25. The molecule has 0 aliphatic rings. The number of carbonyl (C=O) groups excluding carboxylic acids is 2. The van der Waals surface area contributed by atoms with Crippen molar-refractivity contribution in [2.75, 3.05) is 17.4 Å². The van der Waals surface area contributed by atoms with Crippen LogP contribution in [0.2, 0.25) is 0 Å². The van der Waals surface area contributed by atoms with Gasteiger partial charge in [0.2, 0.25) is 5.91 Å². The lowest BCUT2D eigenvalue weighted by atomic mass is 10.1. The van der Waals surface area contributed by atoms with E-state index in [0.717, 1.165) is 11.2 Å². The third-order valence-corrected chi connectivity index (χ3v) is 4.59. The first-order valence-corrected chi connectivity index (χ1v) is 8.33. The molecule has 0 radical (unpaired) electrons. The molecule has 112 valence electrons. The van der Waals surface area contributed by atoms with E-state index in [1.807, 2.05) is 12.5 Å². The number of hydrogen-bond donors (Lipinski definition) is 1. The van der Waals surface area contributed by atoms with Gasteiger partial charge in [0.25, 0.3) is 0 Å². The molecule has 21 heavy (non-hydrogen) atoms. The van der Waals surface area contributed by atoms with Gasteiger partial charge in [0.05, 0.1) is 5.69 Å². The van der Waals surface area contributed by atoms with E-state index in [-0.39, 0.29) is 11.5 Å². The van der Waals surface area contributed by atoms with Gasteiger partial charge < -0.3 is 5.11 Å². The molecule has 5 nitrogen and oxygen atoms in total. The zero-order chi connectivity index (χ0) is 16.0. The molecule has 0 aromatic heterocycles. The molecule has 0 saturated heterocycles. The lowest BCUT2D eigenvalue weighted by molar-refractivity contribution is -0.116. The molecule has 0 fully saturated rings. The Morgan fingerprint density at radius 1 is 1.19 bits per heavy atom. The summed E-state index contributed by atoms with van der Waals surface area (Å²) in [6.45, 7) is 1.15. The van der Waals surface area contributed by atoms with Crippen molar-refractivity contribution in [3.05, 3.63) is 40.1 Å². The topological polar surface area (TPSA) is 74.7 Å². The molecular formula is C14H15NO4S2. The van der Waals surface area contributed by atoms with Crippen LogP contribution >= 0.6 is 23.5 Å². The smallest absolute Gasteiger partial charge is 0.418 e. The van der Waals surface area contributed by atoms with Crippen molar-refractivity contribution >= 4 is 47.0 Å². The van der Waals surface area contributed by atoms with E-state index in [1.165, 1.54) is 41.7 Å². The second kappa shape index (κ2) is 7.90. The van der Waals surface area contributed by atoms with Gasteiger partial charge in [-0.3, -0.25) is 9.59 Å². The third-order valence-electron chi connectivity index (χ3n) is 2.55. The number of benzene rings is 1. The standard InChI is InChI=1S/C14H15NO4S2/c1-9(16)15(14(18)19)11-6-4-5-10(7-11)12(17)8-13(20-2)21-3/h4-8H,1-3H3,(H,18,19). The van der Waals surface area contributed by atoms with Gasteiger partial charge in [0, 0.05) is 22.8 Å². The highest BCUT2D eigenvalue weighted by molar-refractivity contribution is 8.21. The summed E-state index contributed by atoms with van der Waals surface area (Å²) in [4.78, 5) is 35.2. The van der Waals surface area contributed by atoms with E-state index in [2.05, 4.69) is 0 Å². The average molecular weight is 325 g/mol. The van der Waals surface area contributed by atoms with Crippen LogP contribution in [-0.2, 0) is 4.79 Å². The van der Waals surface area contributed by atoms with E-state index in [0.29, 0.717) is 10.5 Å². The molecule has 0 aliphatic carbocycles. The number of carbonyl (C=O) groups is 3. The van der Waals surface area contributed by atoms with Gasteiger partial charge in [-0.1, -0.05) is 12.1 Å². The summed E-state index contributed by atoms with van der Waals surface area (Å²) in [6, 6.07) is 6.00. The molecule has 2 amide bonds. The van der Waals surface area contributed by atoms with Crippen molar-refractivity contribution in [1.29, 1.82) is 0 Å². The maximum absolute atomic E-state index is 12.1. The van der Waals surface area contributed by atoms with E-state index in [9.17, 15) is 14.4 Å². The van der Waals surface area contributed by atoms with Crippen LogP contribution in [0.1, 0.15) is 17.3 Å². The van der Waals surface area contributed by atoms with Crippen LogP contribution in [0, 0.1) is 0 Å². The first kappa shape index (κ1) is 17.3. The molecule has 0 heterocycles. The van der Waals surface area contributed by atoms with Gasteiger partial charge in [-0.15, -0.1) is 23.5 Å². The van der Waals surface area contributed by atoms with Gasteiger partial charge in [0.15, 0.2) is 5.78 Å². The fraction of sp³-hybridized carbons (Fsp3) is 0.214. The Morgan fingerprint density at radius 3 is 2.29 bits per heavy atom. The number of amides is 2. The molecule has 0 unspecified atom stereocenters. The molecule has 7 heteroatoms. The summed E-state index contributed by atoms with van der Waals surface area (Å²) in [7, 11) is 0. The summed E-state index contributed by atoms with van der Waals surface area (Å²) in [5, 5.41) is 9.05. The van der Waals surface area contributed by atoms with E-state index >= 15 is 0 Å². The Balaban J connectivity index is 3.16. The second-order valence-corrected chi connectivity index (χ2v) is 5.88. The summed E-state index contributed by atoms with van der Waals surface area (Å²) in [5.74, 6) is -0.860. The number of ketones is 1. The van der Waals surface area contributed by atoms with Crippen LogP contribution in [-0.4, -0.2) is 35.4 Å². The SMILES string of the molecule is CSC(=CC(=O)c1cccc(N(C(C)=O)C(=O)O)c1)SC. The molecule has 0 spiro atoms. The quantitative estimate of drug-likeness (QED) is 0.660. The Morgan fingerprint density at radius 2 is 1.81 bits per heavy atom. The molecule has 0 bridgehead atoms. The molecular weight excluding hydrogens is 310 g/mol. The number of hydrogen-bond acceptors (Lipinski definition) is 5. The Bertz CT molecular complexity index is 578. The maximum atomic E-state index is 12.1. The van der Waals surface area contributed by atoms with Gasteiger partial charge in [-0.25, -0.2) is 9.69 Å². The van der Waals surface area contributed by atoms with Gasteiger partial charge >= 0.3 is 6.09 Å². The predicted octanol–water partition coefficient (Wildman–Crippen LogP) is 3.47. The lowest BCUT2D eigenvalue weighted by Gasteiger charge is -2.15. The second-order valence-electron chi connectivity index (χ2n) is 3.92. The maximum Gasteiger partial charge on any atom is 0.418 e. The zero-order valence-electron chi connectivity index (χ0n) is 11.8. The van der Waals surface area contributed by atoms with Crippen LogP contribution in [0.15, 0.2) is 34.6 Å². The zero-order valence-corrected chi connectivity index (χ0v) is 13.5. The first-order valence-electron chi connectivity index (χ1n) is 5.88. The molecule has 0 aliphatic heterocycles. The van der Waals surface area contributed by atoms with Crippen molar-refractivity contribution in [2.24, 2.45) is 0 Å². The van der Waals surface area contributed by atoms with Crippen molar-refractivity contribution < 1.29 is 19.5 Å². The Hall–Kier alpha value is -1.73. The summed E-state index contributed by atoms with van der Waals surface area (Å²) >= 11 is 2.92. The number of carboxylic acid groups (broad SMARTS) is 1. The summed E-state index contributed by atoms with van der Waals surface area (Å²) < 4.78 is 0.854. The number of anilines is 1. The minimum atomic E-state index is -1.38. The number of rotatable bonds is 5. The molecule has 0 saturated carbocycles. The highest BCUT2D eigenvalue weighted by Gasteiger charge is 2.19. The fourth-order valence-electron chi connectivity index (χ4n) is 1.62. The summed E-state index contributed by atoms with van der Waals surface area (Å²) in [5.41, 5.74) is 0.490. The van der Waals surface area contributed by atoms with Crippen molar-refractivity contribution in [1.82, 2.24) is 0 Å². The number of thioether (sulfide) groups is 2. The van der Waals surface area contributed by atoms with Crippen molar-refractivity contribution in [2.45, 2.75) is 6.92 Å². The van der Waals surface area contributed by atoms with Crippen molar-refractivity contribution in [3.8, 4) is 0 Å². The first-order chi connectivity index (χ1) is 9.90. The van der Waals surface area contributed by atoms with Crippen LogP contribution in [0.5, 0.6) is 0 Å². The molecule has 0 atom stereocenters. The Kier molecular flexibility index (Phi) is 6.51. The number of imide groups is 1. The summed E-state index contributed by atoms with van der Waals surface area (Å²) in [6.07, 6.45) is 3.85. The third kappa shape index (κ3) is 4.64. The van der Waals surface area contributed by atoms with Crippen LogP contribution in [0.4, 0.5) is 10.5 Å². The normalized spacial score (nSPS) is 9.86. The van der Waals surface area contributed by atoms with Gasteiger partial charge in [-0.2, -0.15) is 0 Å². The number of nitrogens with zero attached hydrogens (tertiary/aromatic N) is 1. The van der Waals surface area contributed by atoms with E-state index in [1.54, 1.807) is 12.1 Å². The van der Waals surface area contributed by atoms with E-state index < -0.39 is 12.0 Å². The average Bonchev–Trinajstić information content (AvgIpc) is 2.44. The van der Waals surface area contributed by atoms with E-state index in [4.69, 9.17) is 5.11 Å². The van der Waals surface area contributed by atoms with Gasteiger partial charge in [0.1, 0.15) is 0 Å². The molecule has 1 N–H and O–H groups in total. The predicted molar refractivity (Wildman–Crippen MR) is 87.1 cm³/mol. The van der Waals surface area contributed by atoms with Gasteiger partial charge in [-0.05, 0) is 24.6 Å². The molecule has 1 aromatic rings. The Labute approximate surface area is 131 Å².